The fourth-order valence-electron chi connectivity index (χ4n) is 1.55. The first-order valence-corrected chi connectivity index (χ1v) is 5.75. The molecule has 1 aromatic heterocycles. The van der Waals surface area contributed by atoms with E-state index in [2.05, 4.69) is 9.84 Å². The molecule has 0 saturated carbocycles. The van der Waals surface area contributed by atoms with Crippen molar-refractivity contribution >= 4 is 0 Å². The molecule has 0 aromatic carbocycles. The van der Waals surface area contributed by atoms with Crippen LogP contribution < -0.4 is 5.73 Å². The maximum absolute atomic E-state index is 11.8. The Kier molecular flexibility index (Phi) is 5.61. The standard InChI is InChI=1S/C11H18F3N3O/c1-17-10(4-6-16-17)3-2-9(15)5-7-18-8-11(12,13)14/h4,6,9H,2-3,5,7-8,15H2,1H3. The van der Waals surface area contributed by atoms with E-state index in [1.165, 1.54) is 0 Å². The number of hydrogen-bond donors (Lipinski definition) is 1. The van der Waals surface area contributed by atoms with Crippen molar-refractivity contribution in [3.05, 3.63) is 18.0 Å². The van der Waals surface area contributed by atoms with Crippen LogP contribution in [0.2, 0.25) is 0 Å². The molecule has 0 aliphatic heterocycles. The van der Waals surface area contributed by atoms with Crippen LogP contribution in [0.5, 0.6) is 0 Å². The molecule has 1 heterocycles. The van der Waals surface area contributed by atoms with Crippen molar-refractivity contribution < 1.29 is 17.9 Å². The summed E-state index contributed by atoms with van der Waals surface area (Å²) in [7, 11) is 1.84. The van der Waals surface area contributed by atoms with Gasteiger partial charge in [-0.25, -0.2) is 0 Å². The van der Waals surface area contributed by atoms with Crippen molar-refractivity contribution in [2.24, 2.45) is 12.8 Å². The van der Waals surface area contributed by atoms with E-state index in [1.807, 2.05) is 13.1 Å². The molecule has 0 fully saturated rings. The summed E-state index contributed by atoms with van der Waals surface area (Å²) < 4.78 is 41.6. The highest BCUT2D eigenvalue weighted by Crippen LogP contribution is 2.14. The first-order valence-electron chi connectivity index (χ1n) is 5.75. The van der Waals surface area contributed by atoms with Crippen molar-refractivity contribution in [3.63, 3.8) is 0 Å². The molecule has 1 unspecified atom stereocenters. The molecule has 2 N–H and O–H groups in total. The molecule has 4 nitrogen and oxygen atoms in total. The molecule has 0 spiro atoms. The maximum atomic E-state index is 11.8. The minimum absolute atomic E-state index is 0.0338. The maximum Gasteiger partial charge on any atom is 0.411 e. The zero-order valence-electron chi connectivity index (χ0n) is 10.3. The molecular weight excluding hydrogens is 247 g/mol. The SMILES string of the molecule is Cn1nccc1CCC(N)CCOCC(F)(F)F. The van der Waals surface area contributed by atoms with E-state index in [-0.39, 0.29) is 12.6 Å². The molecule has 18 heavy (non-hydrogen) atoms. The highest BCUT2D eigenvalue weighted by Gasteiger charge is 2.27. The lowest BCUT2D eigenvalue weighted by Gasteiger charge is -2.12. The molecule has 0 amide bonds. The normalized spacial score (nSPS) is 13.8. The topological polar surface area (TPSA) is 53.1 Å². The minimum Gasteiger partial charge on any atom is -0.372 e. The Labute approximate surface area is 104 Å². The number of nitrogens with zero attached hydrogens (tertiary/aromatic N) is 2. The van der Waals surface area contributed by atoms with Crippen molar-refractivity contribution in [1.82, 2.24) is 9.78 Å². The van der Waals surface area contributed by atoms with Gasteiger partial charge in [0.1, 0.15) is 6.61 Å². The van der Waals surface area contributed by atoms with Crippen molar-refractivity contribution in [3.8, 4) is 0 Å². The van der Waals surface area contributed by atoms with Crippen LogP contribution >= 0.6 is 0 Å². The number of halogens is 3. The molecule has 1 rings (SSSR count). The summed E-state index contributed by atoms with van der Waals surface area (Å²) in [5.74, 6) is 0. The van der Waals surface area contributed by atoms with Gasteiger partial charge in [0.05, 0.1) is 0 Å². The lowest BCUT2D eigenvalue weighted by Crippen LogP contribution is -2.25. The Bertz CT molecular complexity index is 352. The molecule has 0 saturated heterocycles. The highest BCUT2D eigenvalue weighted by molar-refractivity contribution is 5.00. The van der Waals surface area contributed by atoms with Crippen LogP contribution in [0.3, 0.4) is 0 Å². The van der Waals surface area contributed by atoms with Crippen LogP contribution in [0.15, 0.2) is 12.3 Å². The Morgan fingerprint density at radius 3 is 2.72 bits per heavy atom. The van der Waals surface area contributed by atoms with Crippen molar-refractivity contribution in [2.75, 3.05) is 13.2 Å². The number of aromatic nitrogens is 2. The molecule has 1 atom stereocenters. The van der Waals surface area contributed by atoms with E-state index in [0.717, 1.165) is 12.1 Å². The van der Waals surface area contributed by atoms with Gasteiger partial charge in [-0.1, -0.05) is 0 Å². The van der Waals surface area contributed by atoms with Gasteiger partial charge in [-0.2, -0.15) is 18.3 Å². The van der Waals surface area contributed by atoms with Gasteiger partial charge in [0.2, 0.25) is 0 Å². The van der Waals surface area contributed by atoms with E-state index in [9.17, 15) is 13.2 Å². The largest absolute Gasteiger partial charge is 0.411 e. The first kappa shape index (κ1) is 15.0. The van der Waals surface area contributed by atoms with Gasteiger partial charge in [-0.05, 0) is 25.3 Å². The molecule has 104 valence electrons. The quantitative estimate of drug-likeness (QED) is 0.763. The third kappa shape index (κ3) is 6.02. The van der Waals surface area contributed by atoms with Crippen LogP contribution in [0.25, 0.3) is 0 Å². The van der Waals surface area contributed by atoms with Crippen LogP contribution in [0.1, 0.15) is 18.5 Å². The summed E-state index contributed by atoms with van der Waals surface area (Å²) in [5.41, 5.74) is 6.86. The average molecular weight is 265 g/mol. The summed E-state index contributed by atoms with van der Waals surface area (Å²) >= 11 is 0. The Hall–Kier alpha value is -1.08. The van der Waals surface area contributed by atoms with Gasteiger partial charge in [0, 0.05) is 31.6 Å². The van der Waals surface area contributed by atoms with Crippen LogP contribution in [0, 0.1) is 0 Å². The second kappa shape index (κ2) is 6.75. The first-order chi connectivity index (χ1) is 8.38. The number of alkyl halides is 3. The van der Waals surface area contributed by atoms with Crippen molar-refractivity contribution in [1.29, 1.82) is 0 Å². The highest BCUT2D eigenvalue weighted by atomic mass is 19.4. The average Bonchev–Trinajstić information content (AvgIpc) is 2.66. The monoisotopic (exact) mass is 265 g/mol. The second-order valence-electron chi connectivity index (χ2n) is 4.20. The van der Waals surface area contributed by atoms with Crippen LogP contribution in [-0.2, 0) is 18.2 Å². The summed E-state index contributed by atoms with van der Waals surface area (Å²) in [4.78, 5) is 0. The van der Waals surface area contributed by atoms with Gasteiger partial charge < -0.3 is 10.5 Å². The Balaban J connectivity index is 2.11. The zero-order chi connectivity index (χ0) is 13.6. The zero-order valence-corrected chi connectivity index (χ0v) is 10.3. The number of hydrogen-bond acceptors (Lipinski definition) is 3. The van der Waals surface area contributed by atoms with Crippen molar-refractivity contribution in [2.45, 2.75) is 31.5 Å². The number of rotatable bonds is 7. The van der Waals surface area contributed by atoms with Gasteiger partial charge >= 0.3 is 6.18 Å². The molecule has 0 aliphatic rings. The molecule has 0 bridgehead atoms. The van der Waals surface area contributed by atoms with Gasteiger partial charge in [-0.15, -0.1) is 0 Å². The Morgan fingerprint density at radius 1 is 1.44 bits per heavy atom. The van der Waals surface area contributed by atoms with E-state index < -0.39 is 12.8 Å². The number of nitrogens with two attached hydrogens (primary N) is 1. The van der Waals surface area contributed by atoms with E-state index in [0.29, 0.717) is 12.8 Å². The molecular formula is C11H18F3N3O. The fourth-order valence-corrected chi connectivity index (χ4v) is 1.55. The minimum atomic E-state index is -4.27. The van der Waals surface area contributed by atoms with Gasteiger partial charge in [-0.3, -0.25) is 4.68 Å². The predicted molar refractivity (Wildman–Crippen MR) is 61.0 cm³/mol. The lowest BCUT2D eigenvalue weighted by atomic mass is 10.1. The predicted octanol–water partition coefficient (Wildman–Crippen LogP) is 1.65. The third-order valence-electron chi connectivity index (χ3n) is 2.59. The number of aryl methyl sites for hydroxylation is 2. The second-order valence-corrected chi connectivity index (χ2v) is 4.20. The van der Waals surface area contributed by atoms with Gasteiger partial charge in [0.15, 0.2) is 0 Å². The van der Waals surface area contributed by atoms with E-state index in [4.69, 9.17) is 5.73 Å². The molecule has 7 heteroatoms. The Morgan fingerprint density at radius 2 is 2.17 bits per heavy atom. The van der Waals surface area contributed by atoms with Crippen LogP contribution in [0.4, 0.5) is 13.2 Å². The molecule has 0 aliphatic carbocycles. The summed E-state index contributed by atoms with van der Waals surface area (Å²) in [6.45, 7) is -1.17. The number of ether oxygens (including phenoxy) is 1. The summed E-state index contributed by atoms with van der Waals surface area (Å²) in [6, 6.07) is 1.74. The molecule has 0 radical (unpaired) electrons. The lowest BCUT2D eigenvalue weighted by molar-refractivity contribution is -0.174. The molecule has 1 aromatic rings. The smallest absolute Gasteiger partial charge is 0.372 e. The third-order valence-corrected chi connectivity index (χ3v) is 2.59. The van der Waals surface area contributed by atoms with E-state index in [1.54, 1.807) is 10.9 Å². The van der Waals surface area contributed by atoms with E-state index >= 15 is 0 Å². The summed E-state index contributed by atoms with van der Waals surface area (Å²) in [5, 5.41) is 4.02. The summed E-state index contributed by atoms with van der Waals surface area (Å²) in [6.07, 6.45) is -0.675. The van der Waals surface area contributed by atoms with Gasteiger partial charge in [0.25, 0.3) is 0 Å². The van der Waals surface area contributed by atoms with Crippen LogP contribution in [-0.4, -0.2) is 35.2 Å². The fraction of sp³-hybridized carbons (Fsp3) is 0.727.